The zero-order valence-electron chi connectivity index (χ0n) is 23.3. The topological polar surface area (TPSA) is 135 Å². The van der Waals surface area contributed by atoms with E-state index in [2.05, 4.69) is 31.1 Å². The number of nitrogens with zero attached hydrogens (tertiary/aromatic N) is 3. The van der Waals surface area contributed by atoms with E-state index < -0.39 is 35.9 Å². The predicted octanol–water partition coefficient (Wildman–Crippen LogP) is 5.75. The third kappa shape index (κ3) is 5.57. The SMILES string of the molecule is CNC(=O)c1c(-c2ccc(F)cc2)oc2nc(NCC(F)(F)F)c(-c3cccc(C(=O)NC4(c5noc(C)n5)CC4)c3)cc12. The van der Waals surface area contributed by atoms with Gasteiger partial charge in [0.2, 0.25) is 11.6 Å². The van der Waals surface area contributed by atoms with Crippen molar-refractivity contribution in [1.29, 1.82) is 0 Å². The van der Waals surface area contributed by atoms with Crippen molar-refractivity contribution < 1.29 is 36.1 Å². The maximum absolute atomic E-state index is 13.6. The molecular weight excluding hydrogens is 584 g/mol. The fraction of sp³-hybridized carbons (Fsp3) is 0.233. The molecule has 0 aliphatic heterocycles. The molecule has 0 spiro atoms. The smallest absolute Gasteiger partial charge is 0.405 e. The van der Waals surface area contributed by atoms with Crippen LogP contribution < -0.4 is 16.0 Å². The summed E-state index contributed by atoms with van der Waals surface area (Å²) >= 11 is 0. The Morgan fingerprint density at radius 1 is 1.00 bits per heavy atom. The molecule has 2 aromatic carbocycles. The van der Waals surface area contributed by atoms with Crippen molar-refractivity contribution in [1.82, 2.24) is 25.8 Å². The monoisotopic (exact) mass is 608 g/mol. The number of pyridine rings is 1. The first kappa shape index (κ1) is 28.8. The third-order valence-electron chi connectivity index (χ3n) is 7.19. The second kappa shape index (κ2) is 10.8. The minimum absolute atomic E-state index is 0.0604. The van der Waals surface area contributed by atoms with Gasteiger partial charge in [-0.3, -0.25) is 9.59 Å². The molecular formula is C30H24F4N6O4. The Morgan fingerprint density at radius 2 is 1.75 bits per heavy atom. The summed E-state index contributed by atoms with van der Waals surface area (Å²) in [6, 6.07) is 12.9. The van der Waals surface area contributed by atoms with Gasteiger partial charge in [0, 0.05) is 30.7 Å². The number of carbonyl (C=O) groups is 2. The number of aromatic nitrogens is 3. The van der Waals surface area contributed by atoms with Gasteiger partial charge in [-0.1, -0.05) is 17.3 Å². The first-order valence-corrected chi connectivity index (χ1v) is 13.5. The number of furan rings is 1. The molecule has 14 heteroatoms. The zero-order chi connectivity index (χ0) is 31.2. The largest absolute Gasteiger partial charge is 0.437 e. The summed E-state index contributed by atoms with van der Waals surface area (Å²) < 4.78 is 64.4. The Morgan fingerprint density at radius 3 is 2.39 bits per heavy atom. The molecule has 3 N–H and O–H groups in total. The fourth-order valence-corrected chi connectivity index (χ4v) is 4.86. The van der Waals surface area contributed by atoms with Crippen molar-refractivity contribution in [3.8, 4) is 22.5 Å². The summed E-state index contributed by atoms with van der Waals surface area (Å²) in [5.74, 6) is -0.894. The highest BCUT2D eigenvalue weighted by atomic mass is 19.4. The van der Waals surface area contributed by atoms with Gasteiger partial charge in [0.1, 0.15) is 29.5 Å². The van der Waals surface area contributed by atoms with Crippen LogP contribution >= 0.6 is 0 Å². The van der Waals surface area contributed by atoms with Crippen LogP contribution in [-0.4, -0.2) is 46.7 Å². The average molecular weight is 609 g/mol. The van der Waals surface area contributed by atoms with Crippen molar-refractivity contribution in [3.63, 3.8) is 0 Å². The lowest BCUT2D eigenvalue weighted by molar-refractivity contribution is -0.115. The molecule has 10 nitrogen and oxygen atoms in total. The van der Waals surface area contributed by atoms with Gasteiger partial charge in [-0.15, -0.1) is 0 Å². The number of halogens is 4. The Hall–Kier alpha value is -5.27. The molecule has 2 amide bonds. The summed E-state index contributed by atoms with van der Waals surface area (Å²) in [6.45, 7) is 0.241. The van der Waals surface area contributed by atoms with Crippen LogP contribution in [0.15, 0.2) is 63.5 Å². The minimum atomic E-state index is -4.57. The Balaban J connectivity index is 1.44. The van der Waals surface area contributed by atoms with Gasteiger partial charge in [0.05, 0.1) is 10.9 Å². The number of hydrogen-bond acceptors (Lipinski definition) is 8. The van der Waals surface area contributed by atoms with Crippen LogP contribution in [0.3, 0.4) is 0 Å². The van der Waals surface area contributed by atoms with Gasteiger partial charge in [-0.05, 0) is 60.9 Å². The molecule has 0 radical (unpaired) electrons. The number of nitrogens with one attached hydrogen (secondary N) is 3. The Labute approximate surface area is 246 Å². The lowest BCUT2D eigenvalue weighted by atomic mass is 9.99. The number of aryl methyl sites for hydroxylation is 1. The molecule has 0 unspecified atom stereocenters. The van der Waals surface area contributed by atoms with Gasteiger partial charge in [0.15, 0.2) is 5.82 Å². The summed E-state index contributed by atoms with van der Waals surface area (Å²) in [6.07, 6.45) is -3.34. The van der Waals surface area contributed by atoms with Crippen LogP contribution in [0.1, 0.15) is 45.3 Å². The quantitative estimate of drug-likeness (QED) is 0.190. The van der Waals surface area contributed by atoms with Gasteiger partial charge >= 0.3 is 6.18 Å². The predicted molar refractivity (Wildman–Crippen MR) is 150 cm³/mol. The molecule has 1 saturated carbocycles. The van der Waals surface area contributed by atoms with E-state index in [1.165, 1.54) is 43.4 Å². The van der Waals surface area contributed by atoms with Gasteiger partial charge in [0.25, 0.3) is 11.8 Å². The first-order chi connectivity index (χ1) is 21.0. The summed E-state index contributed by atoms with van der Waals surface area (Å²) in [7, 11) is 1.41. The van der Waals surface area contributed by atoms with Crippen LogP contribution in [0.2, 0.25) is 0 Å². The van der Waals surface area contributed by atoms with E-state index in [0.29, 0.717) is 35.7 Å². The molecule has 0 bridgehead atoms. The molecule has 0 atom stereocenters. The third-order valence-corrected chi connectivity index (χ3v) is 7.19. The molecule has 0 saturated heterocycles. The summed E-state index contributed by atoms with van der Waals surface area (Å²) in [5.41, 5.74) is 0.301. The molecule has 1 aliphatic carbocycles. The van der Waals surface area contributed by atoms with Gasteiger partial charge in [-0.25, -0.2) is 4.39 Å². The van der Waals surface area contributed by atoms with E-state index in [9.17, 15) is 27.2 Å². The molecule has 5 aromatic rings. The second-order valence-electron chi connectivity index (χ2n) is 10.4. The maximum atomic E-state index is 13.6. The highest BCUT2D eigenvalue weighted by Crippen LogP contribution is 2.44. The van der Waals surface area contributed by atoms with Gasteiger partial charge in [-0.2, -0.15) is 23.1 Å². The highest BCUT2D eigenvalue weighted by molar-refractivity contribution is 6.11. The number of carbonyl (C=O) groups excluding carboxylic acids is 2. The minimum Gasteiger partial charge on any atom is -0.437 e. The molecule has 44 heavy (non-hydrogen) atoms. The maximum Gasteiger partial charge on any atom is 0.405 e. The highest BCUT2D eigenvalue weighted by Gasteiger charge is 2.50. The van der Waals surface area contributed by atoms with Crippen LogP contribution in [0.25, 0.3) is 33.6 Å². The fourth-order valence-electron chi connectivity index (χ4n) is 4.86. The van der Waals surface area contributed by atoms with E-state index in [-0.39, 0.29) is 39.4 Å². The molecule has 3 aromatic heterocycles. The summed E-state index contributed by atoms with van der Waals surface area (Å²) in [5, 5.41) is 11.9. The van der Waals surface area contributed by atoms with Crippen molar-refractivity contribution in [2.75, 3.05) is 18.9 Å². The van der Waals surface area contributed by atoms with E-state index in [1.807, 2.05) is 0 Å². The Kier molecular flexibility index (Phi) is 7.06. The van der Waals surface area contributed by atoms with Gasteiger partial charge < -0.3 is 24.9 Å². The second-order valence-corrected chi connectivity index (χ2v) is 10.4. The number of alkyl halides is 3. The van der Waals surface area contributed by atoms with Crippen molar-refractivity contribution in [3.05, 3.63) is 83.3 Å². The number of rotatable bonds is 8. The lowest BCUT2D eigenvalue weighted by Gasteiger charge is -2.15. The molecule has 226 valence electrons. The van der Waals surface area contributed by atoms with E-state index in [1.54, 1.807) is 25.1 Å². The molecule has 3 heterocycles. The van der Waals surface area contributed by atoms with Crippen LogP contribution in [0.4, 0.5) is 23.4 Å². The standard InChI is InChI=1S/C30H24F4N6O4/c1-15-37-28(40-44-15)29(10-11-29)39-25(41)18-5-3-4-17(12-18)20-13-21-22(26(42)35-2)23(16-6-8-19(31)9-7-16)43-27(21)38-24(20)36-14-30(32,33)34/h3-9,12-13H,10-11,14H2,1-2H3,(H,35,42)(H,36,38)(H,39,41). The molecule has 6 rings (SSSR count). The van der Waals surface area contributed by atoms with E-state index >= 15 is 0 Å². The normalized spacial score (nSPS) is 14.0. The summed E-state index contributed by atoms with van der Waals surface area (Å²) in [4.78, 5) is 34.9. The average Bonchev–Trinajstić information content (AvgIpc) is 3.47. The number of benzene rings is 2. The number of amides is 2. The van der Waals surface area contributed by atoms with Crippen LogP contribution in [0, 0.1) is 12.7 Å². The van der Waals surface area contributed by atoms with E-state index in [0.717, 1.165) is 0 Å². The van der Waals surface area contributed by atoms with Crippen molar-refractivity contribution in [2.24, 2.45) is 0 Å². The Bertz CT molecular complexity index is 1890. The molecule has 1 fully saturated rings. The first-order valence-electron chi connectivity index (χ1n) is 13.5. The lowest BCUT2D eigenvalue weighted by Crippen LogP contribution is -2.35. The molecule has 1 aliphatic rings. The van der Waals surface area contributed by atoms with Crippen molar-refractivity contribution in [2.45, 2.75) is 31.5 Å². The van der Waals surface area contributed by atoms with Crippen LogP contribution in [-0.2, 0) is 5.54 Å². The van der Waals surface area contributed by atoms with Crippen molar-refractivity contribution >= 4 is 28.7 Å². The van der Waals surface area contributed by atoms with E-state index in [4.69, 9.17) is 8.94 Å². The number of anilines is 1. The number of fused-ring (bicyclic) bond motifs is 1. The number of hydrogen-bond donors (Lipinski definition) is 3. The zero-order valence-corrected chi connectivity index (χ0v) is 23.3. The van der Waals surface area contributed by atoms with Crippen LogP contribution in [0.5, 0.6) is 0 Å².